The lowest BCUT2D eigenvalue weighted by Crippen LogP contribution is -2.31. The molecule has 0 saturated heterocycles. The third-order valence-corrected chi connectivity index (χ3v) is 1.07. The molecule has 3 heteroatoms. The summed E-state index contributed by atoms with van der Waals surface area (Å²) in [5.74, 6) is 0. The number of nitrogens with two attached hydrogens (primary N) is 1. The van der Waals surface area contributed by atoms with E-state index in [9.17, 15) is 0 Å². The second-order valence-corrected chi connectivity index (χ2v) is 2.08. The number of rotatable bonds is 6. The molecule has 0 bridgehead atoms. The Hall–Kier alpha value is -0.120. The molecule has 0 unspecified atom stereocenters. The molecule has 0 aliphatic rings. The normalized spacial score (nSPS) is 10.8. The highest BCUT2D eigenvalue weighted by atomic mass is 16.5. The Morgan fingerprint density at radius 1 is 1.10 bits per heavy atom. The van der Waals surface area contributed by atoms with E-state index in [1.807, 2.05) is 13.8 Å². The number of ether oxygens (including phenoxy) is 2. The maximum Gasteiger partial charge on any atom is 0.0639 e. The minimum atomic E-state index is 0.0277. The van der Waals surface area contributed by atoms with E-state index in [1.165, 1.54) is 0 Å². The van der Waals surface area contributed by atoms with Crippen molar-refractivity contribution >= 4 is 0 Å². The maximum atomic E-state index is 5.60. The molecule has 0 aliphatic carbocycles. The van der Waals surface area contributed by atoms with E-state index in [2.05, 4.69) is 0 Å². The molecule has 10 heavy (non-hydrogen) atoms. The third-order valence-electron chi connectivity index (χ3n) is 1.07. The quantitative estimate of drug-likeness (QED) is 0.591. The molecule has 0 atom stereocenters. The maximum absolute atomic E-state index is 5.60. The summed E-state index contributed by atoms with van der Waals surface area (Å²) >= 11 is 0. The third kappa shape index (κ3) is 6.01. The van der Waals surface area contributed by atoms with Crippen LogP contribution in [0.2, 0.25) is 0 Å². The highest BCUT2D eigenvalue weighted by Crippen LogP contribution is 1.83. The van der Waals surface area contributed by atoms with Crippen molar-refractivity contribution in [3.05, 3.63) is 0 Å². The van der Waals surface area contributed by atoms with Crippen LogP contribution >= 0.6 is 0 Å². The van der Waals surface area contributed by atoms with Crippen LogP contribution in [-0.2, 0) is 9.47 Å². The Bertz CT molecular complexity index is 60.6. The lowest BCUT2D eigenvalue weighted by atomic mass is 10.4. The average molecular weight is 147 g/mol. The van der Waals surface area contributed by atoms with Crippen molar-refractivity contribution in [2.75, 3.05) is 26.4 Å². The van der Waals surface area contributed by atoms with Crippen molar-refractivity contribution in [1.29, 1.82) is 0 Å². The summed E-state index contributed by atoms with van der Waals surface area (Å²) in [6.45, 7) is 6.54. The summed E-state index contributed by atoms with van der Waals surface area (Å²) < 4.78 is 10.2. The first-order valence-corrected chi connectivity index (χ1v) is 3.72. The van der Waals surface area contributed by atoms with Crippen molar-refractivity contribution in [2.24, 2.45) is 5.73 Å². The molecular weight excluding hydrogens is 130 g/mol. The van der Waals surface area contributed by atoms with Crippen LogP contribution in [-0.4, -0.2) is 32.5 Å². The molecule has 0 aromatic carbocycles. The van der Waals surface area contributed by atoms with Gasteiger partial charge in [0.25, 0.3) is 0 Å². The standard InChI is InChI=1S/C7H17NO2/c1-3-9-5-7(8)6-10-4-2/h7H,3-6,8H2,1-2H3. The van der Waals surface area contributed by atoms with Gasteiger partial charge in [0.1, 0.15) is 0 Å². The minimum Gasteiger partial charge on any atom is -0.380 e. The van der Waals surface area contributed by atoms with Crippen LogP contribution in [0, 0.1) is 0 Å². The molecule has 0 aliphatic heterocycles. The fourth-order valence-corrected chi connectivity index (χ4v) is 0.587. The van der Waals surface area contributed by atoms with Gasteiger partial charge < -0.3 is 15.2 Å². The van der Waals surface area contributed by atoms with E-state index in [4.69, 9.17) is 15.2 Å². The van der Waals surface area contributed by atoms with Gasteiger partial charge in [0.15, 0.2) is 0 Å². The van der Waals surface area contributed by atoms with Gasteiger partial charge in [-0.25, -0.2) is 0 Å². The average Bonchev–Trinajstić information content (AvgIpc) is 1.97. The van der Waals surface area contributed by atoms with Crippen LogP contribution in [0.15, 0.2) is 0 Å². The minimum absolute atomic E-state index is 0.0277. The Morgan fingerprint density at radius 2 is 1.50 bits per heavy atom. The summed E-state index contributed by atoms with van der Waals surface area (Å²) in [7, 11) is 0. The first-order valence-electron chi connectivity index (χ1n) is 3.72. The molecule has 0 heterocycles. The molecular formula is C7H17NO2. The molecule has 0 radical (unpaired) electrons. The Morgan fingerprint density at radius 3 is 1.80 bits per heavy atom. The Kier molecular flexibility index (Phi) is 6.91. The highest BCUT2D eigenvalue weighted by molar-refractivity contribution is 4.56. The van der Waals surface area contributed by atoms with E-state index in [-0.39, 0.29) is 6.04 Å². The van der Waals surface area contributed by atoms with Crippen LogP contribution < -0.4 is 5.73 Å². The lowest BCUT2D eigenvalue weighted by molar-refractivity contribution is 0.0777. The van der Waals surface area contributed by atoms with Gasteiger partial charge in [-0.3, -0.25) is 0 Å². The molecule has 0 rings (SSSR count). The fraction of sp³-hybridized carbons (Fsp3) is 1.00. The van der Waals surface area contributed by atoms with E-state index >= 15 is 0 Å². The zero-order valence-electron chi connectivity index (χ0n) is 6.80. The Balaban J connectivity index is 3.00. The number of hydrogen-bond donors (Lipinski definition) is 1. The fourth-order valence-electron chi connectivity index (χ4n) is 0.587. The molecule has 0 aromatic heterocycles. The lowest BCUT2D eigenvalue weighted by Gasteiger charge is -2.10. The van der Waals surface area contributed by atoms with E-state index < -0.39 is 0 Å². The van der Waals surface area contributed by atoms with Gasteiger partial charge in [-0.15, -0.1) is 0 Å². The summed E-state index contributed by atoms with van der Waals surface area (Å²) in [4.78, 5) is 0. The van der Waals surface area contributed by atoms with Gasteiger partial charge in [-0.2, -0.15) is 0 Å². The molecule has 0 saturated carbocycles. The van der Waals surface area contributed by atoms with Crippen molar-refractivity contribution in [2.45, 2.75) is 19.9 Å². The van der Waals surface area contributed by atoms with Gasteiger partial charge in [-0.1, -0.05) is 0 Å². The molecule has 0 amide bonds. The SMILES string of the molecule is CCOCC(N)COCC. The first-order chi connectivity index (χ1) is 4.81. The monoisotopic (exact) mass is 147 g/mol. The van der Waals surface area contributed by atoms with E-state index in [0.29, 0.717) is 13.2 Å². The smallest absolute Gasteiger partial charge is 0.0639 e. The van der Waals surface area contributed by atoms with Crippen molar-refractivity contribution in [3.8, 4) is 0 Å². The van der Waals surface area contributed by atoms with Crippen LogP contribution in [0.3, 0.4) is 0 Å². The van der Waals surface area contributed by atoms with Crippen LogP contribution in [0.5, 0.6) is 0 Å². The van der Waals surface area contributed by atoms with Crippen molar-refractivity contribution in [1.82, 2.24) is 0 Å². The van der Waals surface area contributed by atoms with Crippen LogP contribution in [0.4, 0.5) is 0 Å². The zero-order valence-corrected chi connectivity index (χ0v) is 6.80. The predicted molar refractivity (Wildman–Crippen MR) is 41.0 cm³/mol. The van der Waals surface area contributed by atoms with Crippen LogP contribution in [0.1, 0.15) is 13.8 Å². The van der Waals surface area contributed by atoms with E-state index in [0.717, 1.165) is 13.2 Å². The summed E-state index contributed by atoms with van der Waals surface area (Å²) in [6, 6.07) is 0.0277. The first kappa shape index (κ1) is 9.88. The van der Waals surface area contributed by atoms with Gasteiger partial charge in [-0.05, 0) is 13.8 Å². The summed E-state index contributed by atoms with van der Waals surface area (Å²) in [6.07, 6.45) is 0. The molecule has 3 nitrogen and oxygen atoms in total. The number of hydrogen-bond acceptors (Lipinski definition) is 3. The molecule has 0 spiro atoms. The zero-order chi connectivity index (χ0) is 7.82. The van der Waals surface area contributed by atoms with Crippen molar-refractivity contribution in [3.63, 3.8) is 0 Å². The molecule has 2 N–H and O–H groups in total. The van der Waals surface area contributed by atoms with Crippen LogP contribution in [0.25, 0.3) is 0 Å². The van der Waals surface area contributed by atoms with E-state index in [1.54, 1.807) is 0 Å². The van der Waals surface area contributed by atoms with Gasteiger partial charge >= 0.3 is 0 Å². The largest absolute Gasteiger partial charge is 0.380 e. The summed E-state index contributed by atoms with van der Waals surface area (Å²) in [5, 5.41) is 0. The van der Waals surface area contributed by atoms with Gasteiger partial charge in [0, 0.05) is 13.2 Å². The summed E-state index contributed by atoms with van der Waals surface area (Å²) in [5.41, 5.74) is 5.60. The topological polar surface area (TPSA) is 44.5 Å². The predicted octanol–water partition coefficient (Wildman–Crippen LogP) is 0.387. The molecule has 0 fully saturated rings. The van der Waals surface area contributed by atoms with Crippen molar-refractivity contribution < 1.29 is 9.47 Å². The second kappa shape index (κ2) is 6.99. The molecule has 62 valence electrons. The van der Waals surface area contributed by atoms with Gasteiger partial charge in [0.2, 0.25) is 0 Å². The molecule has 0 aromatic rings. The second-order valence-electron chi connectivity index (χ2n) is 2.08. The highest BCUT2D eigenvalue weighted by Gasteiger charge is 1.99. The Labute approximate surface area is 62.5 Å². The van der Waals surface area contributed by atoms with Gasteiger partial charge in [0.05, 0.1) is 19.3 Å².